The molecule has 1 aromatic heterocycles. The first-order chi connectivity index (χ1) is 12.5. The van der Waals surface area contributed by atoms with E-state index in [1.165, 1.54) is 12.8 Å². The van der Waals surface area contributed by atoms with Crippen LogP contribution in [-0.2, 0) is 4.79 Å². The molecule has 4 fully saturated rings. The molecule has 0 bridgehead atoms. The Kier molecular flexibility index (Phi) is 3.61. The number of carbonyl (C=O) groups is 1. The summed E-state index contributed by atoms with van der Waals surface area (Å²) in [5, 5.41) is 3.88. The van der Waals surface area contributed by atoms with Crippen LogP contribution in [0.5, 0.6) is 0 Å². The number of fused-ring (bicyclic) bond motifs is 1. The van der Waals surface area contributed by atoms with Gasteiger partial charge < -0.3 is 14.3 Å². The number of hydrogen-bond acceptors (Lipinski definition) is 6. The van der Waals surface area contributed by atoms with Crippen LogP contribution in [0.15, 0.2) is 4.52 Å². The molecule has 3 heterocycles. The number of hydrogen-bond donors (Lipinski definition) is 0. The lowest BCUT2D eigenvalue weighted by Gasteiger charge is -2.60. The number of aromatic nitrogens is 2. The zero-order valence-electron chi connectivity index (χ0n) is 16.0. The Labute approximate surface area is 154 Å². The van der Waals surface area contributed by atoms with Crippen molar-refractivity contribution in [3.05, 3.63) is 5.82 Å². The van der Waals surface area contributed by atoms with Crippen LogP contribution in [0.4, 0.5) is 6.01 Å². The molecule has 4 aliphatic rings. The van der Waals surface area contributed by atoms with E-state index in [0.29, 0.717) is 40.9 Å². The van der Waals surface area contributed by atoms with Gasteiger partial charge in [-0.05, 0) is 45.4 Å². The highest BCUT2D eigenvalue weighted by Gasteiger charge is 2.63. The number of aryl methyl sites for hydroxylation is 1. The molecule has 2 aliphatic heterocycles. The SMILES string of the molecule is CCN(CC)C(=O)[C@H]1[C@@H]2CN(C3CC4(C3)CN(c3nc(C)no3)C4)C[C@@H]21. The van der Waals surface area contributed by atoms with Crippen molar-refractivity contribution in [2.24, 2.45) is 23.2 Å². The van der Waals surface area contributed by atoms with E-state index in [1.54, 1.807) is 0 Å². The minimum Gasteiger partial charge on any atom is -0.343 e. The molecule has 142 valence electrons. The molecule has 1 aromatic rings. The normalized spacial score (nSPS) is 32.3. The fourth-order valence-electron chi connectivity index (χ4n) is 5.74. The van der Waals surface area contributed by atoms with Gasteiger partial charge in [-0.15, -0.1) is 0 Å². The third kappa shape index (κ3) is 2.39. The average Bonchev–Trinajstić information content (AvgIpc) is 2.88. The Morgan fingerprint density at radius 2 is 1.88 bits per heavy atom. The summed E-state index contributed by atoms with van der Waals surface area (Å²) in [6, 6.07) is 1.40. The van der Waals surface area contributed by atoms with Crippen LogP contribution in [0.2, 0.25) is 0 Å². The van der Waals surface area contributed by atoms with Gasteiger partial charge in [0.05, 0.1) is 0 Å². The second-order valence-electron chi connectivity index (χ2n) is 8.86. The fourth-order valence-corrected chi connectivity index (χ4v) is 5.74. The van der Waals surface area contributed by atoms with Gasteiger partial charge in [0.15, 0.2) is 5.82 Å². The molecule has 0 N–H and O–H groups in total. The van der Waals surface area contributed by atoms with Crippen molar-refractivity contribution in [1.29, 1.82) is 0 Å². The van der Waals surface area contributed by atoms with Crippen molar-refractivity contribution in [2.45, 2.75) is 39.7 Å². The number of rotatable bonds is 5. The van der Waals surface area contributed by atoms with Crippen LogP contribution in [0.1, 0.15) is 32.5 Å². The van der Waals surface area contributed by atoms with E-state index in [-0.39, 0.29) is 0 Å². The molecule has 0 aromatic carbocycles. The maximum atomic E-state index is 12.6. The van der Waals surface area contributed by atoms with Crippen molar-refractivity contribution < 1.29 is 9.32 Å². The summed E-state index contributed by atoms with van der Waals surface area (Å²) in [6.45, 7) is 12.1. The van der Waals surface area contributed by atoms with Crippen LogP contribution in [0, 0.1) is 30.1 Å². The van der Waals surface area contributed by atoms with Crippen molar-refractivity contribution in [3.8, 4) is 0 Å². The Bertz CT molecular complexity index is 689. The molecular formula is C19H29N5O2. The number of nitrogens with zero attached hydrogens (tertiary/aromatic N) is 5. The molecule has 2 saturated heterocycles. The van der Waals surface area contributed by atoms with E-state index in [2.05, 4.69) is 33.8 Å². The van der Waals surface area contributed by atoms with Gasteiger partial charge in [-0.25, -0.2) is 0 Å². The third-order valence-corrected chi connectivity index (χ3v) is 7.28. The molecule has 26 heavy (non-hydrogen) atoms. The standard InChI is InChI=1S/C19H29N5O2/c1-4-22(5-2)17(25)16-14-8-23(9-15(14)16)13-6-19(7-13)10-24(11-19)18-20-12(3)21-26-18/h13-16H,4-11H2,1-3H3/t14-,15+,16+. The molecule has 7 nitrogen and oxygen atoms in total. The largest absolute Gasteiger partial charge is 0.343 e. The summed E-state index contributed by atoms with van der Waals surface area (Å²) in [5.74, 6) is 2.68. The highest BCUT2D eigenvalue weighted by molar-refractivity contribution is 5.82. The minimum absolute atomic E-state index is 0.320. The Morgan fingerprint density at radius 3 is 2.42 bits per heavy atom. The zero-order chi connectivity index (χ0) is 18.1. The highest BCUT2D eigenvalue weighted by Crippen LogP contribution is 2.57. The molecule has 3 atom stereocenters. The summed E-state index contributed by atoms with van der Waals surface area (Å²) < 4.78 is 5.27. The van der Waals surface area contributed by atoms with Gasteiger partial charge >= 0.3 is 6.01 Å². The van der Waals surface area contributed by atoms with Crippen LogP contribution in [-0.4, -0.2) is 71.2 Å². The summed E-state index contributed by atoms with van der Waals surface area (Å²) in [6.07, 6.45) is 2.56. The van der Waals surface area contributed by atoms with Gasteiger partial charge in [-0.3, -0.25) is 9.69 Å². The Balaban J connectivity index is 1.09. The molecule has 5 rings (SSSR count). The predicted octanol–water partition coefficient (Wildman–Crippen LogP) is 1.39. The first-order valence-corrected chi connectivity index (χ1v) is 10.1. The number of anilines is 1. The lowest BCUT2D eigenvalue weighted by atomic mass is 9.60. The van der Waals surface area contributed by atoms with Gasteiger partial charge in [-0.1, -0.05) is 5.16 Å². The van der Waals surface area contributed by atoms with Crippen LogP contribution < -0.4 is 4.90 Å². The quantitative estimate of drug-likeness (QED) is 0.792. The Morgan fingerprint density at radius 1 is 1.23 bits per heavy atom. The van der Waals surface area contributed by atoms with Crippen molar-refractivity contribution >= 4 is 11.9 Å². The van der Waals surface area contributed by atoms with E-state index in [0.717, 1.165) is 45.3 Å². The monoisotopic (exact) mass is 359 g/mol. The van der Waals surface area contributed by atoms with E-state index >= 15 is 0 Å². The molecule has 2 aliphatic carbocycles. The molecule has 1 amide bonds. The maximum Gasteiger partial charge on any atom is 0.324 e. The second-order valence-corrected chi connectivity index (χ2v) is 8.86. The topological polar surface area (TPSA) is 65.7 Å². The van der Waals surface area contributed by atoms with Gasteiger partial charge in [0.2, 0.25) is 5.91 Å². The molecule has 1 spiro atoms. The highest BCUT2D eigenvalue weighted by atomic mass is 16.5. The van der Waals surface area contributed by atoms with Gasteiger partial charge in [0.25, 0.3) is 0 Å². The first-order valence-electron chi connectivity index (χ1n) is 10.1. The van der Waals surface area contributed by atoms with Gasteiger partial charge in [0, 0.05) is 56.6 Å². The molecule has 0 unspecified atom stereocenters. The van der Waals surface area contributed by atoms with Crippen LogP contribution in [0.3, 0.4) is 0 Å². The average molecular weight is 359 g/mol. The molecule has 0 radical (unpaired) electrons. The van der Waals surface area contributed by atoms with E-state index < -0.39 is 0 Å². The smallest absolute Gasteiger partial charge is 0.324 e. The fraction of sp³-hybridized carbons (Fsp3) is 0.842. The van der Waals surface area contributed by atoms with Gasteiger partial charge in [-0.2, -0.15) is 4.98 Å². The van der Waals surface area contributed by atoms with E-state index in [4.69, 9.17) is 4.52 Å². The molecular weight excluding hydrogens is 330 g/mol. The second kappa shape index (κ2) is 5.68. The third-order valence-electron chi connectivity index (χ3n) is 7.28. The minimum atomic E-state index is 0.320. The lowest BCUT2D eigenvalue weighted by molar-refractivity contribution is -0.133. The number of carbonyl (C=O) groups excluding carboxylic acids is 1. The van der Waals surface area contributed by atoms with Crippen molar-refractivity contribution in [3.63, 3.8) is 0 Å². The molecule has 7 heteroatoms. The lowest BCUT2D eigenvalue weighted by Crippen LogP contribution is -2.66. The van der Waals surface area contributed by atoms with E-state index in [9.17, 15) is 4.79 Å². The number of amides is 1. The van der Waals surface area contributed by atoms with Crippen molar-refractivity contribution in [2.75, 3.05) is 44.2 Å². The molecule has 2 saturated carbocycles. The van der Waals surface area contributed by atoms with Gasteiger partial charge in [0.1, 0.15) is 0 Å². The number of piperidine rings is 1. The summed E-state index contributed by atoms with van der Waals surface area (Å²) in [5.41, 5.74) is 0.469. The predicted molar refractivity (Wildman–Crippen MR) is 96.7 cm³/mol. The summed E-state index contributed by atoms with van der Waals surface area (Å²) in [7, 11) is 0. The zero-order valence-corrected chi connectivity index (χ0v) is 16.0. The summed E-state index contributed by atoms with van der Waals surface area (Å²) in [4.78, 5) is 23.7. The van der Waals surface area contributed by atoms with Crippen LogP contribution in [0.25, 0.3) is 0 Å². The number of likely N-dealkylation sites (tertiary alicyclic amines) is 1. The van der Waals surface area contributed by atoms with Crippen LogP contribution >= 0.6 is 0 Å². The first kappa shape index (κ1) is 16.5. The summed E-state index contributed by atoms with van der Waals surface area (Å²) >= 11 is 0. The Hall–Kier alpha value is -1.63. The maximum absolute atomic E-state index is 12.6. The van der Waals surface area contributed by atoms with Crippen molar-refractivity contribution in [1.82, 2.24) is 19.9 Å². The van der Waals surface area contributed by atoms with E-state index in [1.807, 2.05) is 11.8 Å².